The number of unbranched alkanes of at least 4 members (excludes halogenated alkanes) is 19. The lowest BCUT2D eigenvalue weighted by Gasteiger charge is -2.41. The van der Waals surface area contributed by atoms with Crippen molar-refractivity contribution in [3.8, 4) is 0 Å². The van der Waals surface area contributed by atoms with Crippen LogP contribution in [0.15, 0.2) is 72.9 Å². The van der Waals surface area contributed by atoms with Gasteiger partial charge in [-0.05, 0) is 83.5 Å². The van der Waals surface area contributed by atoms with Crippen molar-refractivity contribution in [1.82, 2.24) is 5.32 Å². The number of hydrogen-bond acceptors (Lipinski definition) is 10. The van der Waals surface area contributed by atoms with Gasteiger partial charge in [-0.1, -0.05) is 190 Å². The number of allylic oxidation sites excluding steroid dienone is 11. The summed E-state index contributed by atoms with van der Waals surface area (Å²) in [5, 5.41) is 56.5. The minimum absolute atomic E-state index is 0.0443. The van der Waals surface area contributed by atoms with Crippen LogP contribution in [0.1, 0.15) is 207 Å². The molecule has 1 amide bonds. The van der Waals surface area contributed by atoms with Gasteiger partial charge in [0.15, 0.2) is 12.4 Å². The lowest BCUT2D eigenvalue weighted by molar-refractivity contribution is -0.305. The molecule has 0 aliphatic carbocycles. The molecule has 0 spiro atoms. The summed E-state index contributed by atoms with van der Waals surface area (Å²) in [5.74, 6) is -1.27. The van der Waals surface area contributed by atoms with Gasteiger partial charge in [0.05, 0.1) is 25.4 Å². The van der Waals surface area contributed by atoms with Crippen LogP contribution in [0, 0.1) is 0 Å². The van der Waals surface area contributed by atoms with Crippen LogP contribution in [0.2, 0.25) is 0 Å². The third-order valence-corrected chi connectivity index (χ3v) is 12.1. The number of ether oxygens (including phenoxy) is 3. The molecular formula is C56H97NO10. The van der Waals surface area contributed by atoms with Crippen LogP contribution < -0.4 is 5.32 Å². The lowest BCUT2D eigenvalue weighted by atomic mass is 9.99. The average molecular weight is 944 g/mol. The zero-order valence-corrected chi connectivity index (χ0v) is 42.2. The van der Waals surface area contributed by atoms with Crippen LogP contribution >= 0.6 is 0 Å². The van der Waals surface area contributed by atoms with Gasteiger partial charge in [0.25, 0.3) is 0 Å². The van der Waals surface area contributed by atoms with E-state index in [1.54, 1.807) is 6.08 Å². The summed E-state index contributed by atoms with van der Waals surface area (Å²) >= 11 is 0. The first-order valence-electron chi connectivity index (χ1n) is 26.7. The van der Waals surface area contributed by atoms with Crippen molar-refractivity contribution in [2.24, 2.45) is 0 Å². The van der Waals surface area contributed by atoms with Gasteiger partial charge in [-0.25, -0.2) is 0 Å². The molecule has 0 aromatic rings. The Morgan fingerprint density at radius 3 is 1.63 bits per heavy atom. The summed E-state index contributed by atoms with van der Waals surface area (Å²) in [5.41, 5.74) is 0. The molecule has 0 bridgehead atoms. The van der Waals surface area contributed by atoms with E-state index in [0.717, 1.165) is 83.5 Å². The number of carbonyl (C=O) groups excluding carboxylic acids is 2. The number of esters is 1. The Morgan fingerprint density at radius 2 is 1.04 bits per heavy atom. The van der Waals surface area contributed by atoms with Gasteiger partial charge < -0.3 is 45.1 Å². The van der Waals surface area contributed by atoms with E-state index < -0.39 is 67.4 Å². The summed E-state index contributed by atoms with van der Waals surface area (Å²) in [6, 6.07) is -1.04. The molecule has 1 heterocycles. The minimum Gasteiger partial charge on any atom is -0.454 e. The van der Waals surface area contributed by atoms with E-state index >= 15 is 0 Å². The summed E-state index contributed by atoms with van der Waals surface area (Å²) in [6.07, 6.45) is 43.9. The van der Waals surface area contributed by atoms with E-state index in [-0.39, 0.29) is 19.4 Å². The van der Waals surface area contributed by atoms with Crippen LogP contribution in [0.25, 0.3) is 0 Å². The average Bonchev–Trinajstić information content (AvgIpc) is 3.32. The van der Waals surface area contributed by atoms with Crippen LogP contribution in [0.4, 0.5) is 0 Å². The smallest absolute Gasteiger partial charge is 0.306 e. The highest BCUT2D eigenvalue weighted by molar-refractivity contribution is 5.80. The van der Waals surface area contributed by atoms with Crippen LogP contribution in [-0.4, -0.2) is 99.6 Å². The van der Waals surface area contributed by atoms with Gasteiger partial charge in [-0.3, -0.25) is 9.59 Å². The largest absolute Gasteiger partial charge is 0.454 e. The zero-order valence-electron chi connectivity index (χ0n) is 42.2. The van der Waals surface area contributed by atoms with Crippen LogP contribution in [0.3, 0.4) is 0 Å². The van der Waals surface area contributed by atoms with E-state index in [9.17, 15) is 35.1 Å². The fourth-order valence-corrected chi connectivity index (χ4v) is 7.74. The van der Waals surface area contributed by atoms with Gasteiger partial charge >= 0.3 is 5.97 Å². The van der Waals surface area contributed by atoms with Crippen molar-refractivity contribution in [1.29, 1.82) is 0 Å². The SMILES string of the molecule is CCCC/C=C\CCCCCCC(O)C(=O)NC(COC1OC(CO)C(O)C(O)C1OC(=O)CCC/C=C\C/C=C\C/C=C\C/C=C\CCCCC)C(O)/C=C/CCCCCCCCCCC. The third kappa shape index (κ3) is 33.3. The molecule has 8 atom stereocenters. The van der Waals surface area contributed by atoms with E-state index in [1.807, 2.05) is 18.2 Å². The van der Waals surface area contributed by atoms with Crippen molar-refractivity contribution in [3.05, 3.63) is 72.9 Å². The second-order valence-corrected chi connectivity index (χ2v) is 18.2. The molecule has 0 radical (unpaired) electrons. The Morgan fingerprint density at radius 1 is 0.582 bits per heavy atom. The Hall–Kier alpha value is -2.90. The Labute approximate surface area is 407 Å². The topological polar surface area (TPSA) is 175 Å². The molecule has 1 aliphatic rings. The fraction of sp³-hybridized carbons (Fsp3) is 0.750. The molecule has 0 saturated carbocycles. The van der Waals surface area contributed by atoms with Crippen LogP contribution in [0.5, 0.6) is 0 Å². The number of rotatable bonds is 43. The summed E-state index contributed by atoms with van der Waals surface area (Å²) in [4.78, 5) is 26.3. The minimum atomic E-state index is -1.64. The molecule has 0 aromatic carbocycles. The normalized spacial score (nSPS) is 20.6. The molecule has 1 aliphatic heterocycles. The molecule has 11 heteroatoms. The standard InChI is InChI=1S/C56H97NO10/c1-4-7-10-13-16-19-22-23-24-25-26-27-29-32-35-38-41-44-51(61)67-54-53(63)52(62)50(45-58)66-56(54)65-46-47(48(59)42-39-36-33-31-28-20-17-14-11-8-5-2)57-55(64)49(60)43-40-37-34-30-21-18-15-12-9-6-3/h15-16,18-19,23-24,26-27,32,35,39,42,47-50,52-54,56,58-60,62-63H,4-14,17,20-22,25,28-31,33-34,36-38,40-41,43-46H2,1-3H3,(H,57,64)/b18-15-,19-16-,24-23-,27-26-,35-32-,42-39+. The molecule has 6 N–H and O–H groups in total. The predicted molar refractivity (Wildman–Crippen MR) is 273 cm³/mol. The van der Waals surface area contributed by atoms with Crippen molar-refractivity contribution in [2.75, 3.05) is 13.2 Å². The van der Waals surface area contributed by atoms with Gasteiger partial charge in [0, 0.05) is 6.42 Å². The second kappa shape index (κ2) is 44.3. The summed E-state index contributed by atoms with van der Waals surface area (Å²) in [7, 11) is 0. The maximum absolute atomic E-state index is 13.3. The van der Waals surface area contributed by atoms with Crippen molar-refractivity contribution >= 4 is 11.9 Å². The van der Waals surface area contributed by atoms with E-state index in [4.69, 9.17) is 14.2 Å². The monoisotopic (exact) mass is 944 g/mol. The Kier molecular flexibility index (Phi) is 41.1. The number of aliphatic hydroxyl groups excluding tert-OH is 5. The van der Waals surface area contributed by atoms with E-state index in [1.165, 1.54) is 70.6 Å². The molecule has 8 unspecified atom stereocenters. The van der Waals surface area contributed by atoms with Crippen LogP contribution in [-0.2, 0) is 23.8 Å². The zero-order chi connectivity index (χ0) is 49.0. The number of carbonyl (C=O) groups is 2. The van der Waals surface area contributed by atoms with Gasteiger partial charge in [-0.15, -0.1) is 0 Å². The Balaban J connectivity index is 2.79. The highest BCUT2D eigenvalue weighted by atomic mass is 16.7. The maximum atomic E-state index is 13.3. The molecule has 1 fully saturated rings. The Bertz CT molecular complexity index is 1360. The quantitative estimate of drug-likeness (QED) is 0.0196. The first-order valence-corrected chi connectivity index (χ1v) is 26.7. The molecular weight excluding hydrogens is 847 g/mol. The lowest BCUT2D eigenvalue weighted by Crippen LogP contribution is -2.61. The predicted octanol–water partition coefficient (Wildman–Crippen LogP) is 11.3. The third-order valence-electron chi connectivity index (χ3n) is 12.1. The number of nitrogens with one attached hydrogen (secondary N) is 1. The highest BCUT2D eigenvalue weighted by Gasteiger charge is 2.47. The highest BCUT2D eigenvalue weighted by Crippen LogP contribution is 2.26. The second-order valence-electron chi connectivity index (χ2n) is 18.2. The van der Waals surface area contributed by atoms with E-state index in [0.29, 0.717) is 19.3 Å². The van der Waals surface area contributed by atoms with Crippen molar-refractivity contribution < 1.29 is 49.3 Å². The molecule has 67 heavy (non-hydrogen) atoms. The van der Waals surface area contributed by atoms with Gasteiger partial charge in [0.1, 0.15) is 24.4 Å². The first-order chi connectivity index (χ1) is 32.7. The molecule has 1 rings (SSSR count). The number of aliphatic hydroxyl groups is 5. The van der Waals surface area contributed by atoms with Crippen molar-refractivity contribution in [3.63, 3.8) is 0 Å². The van der Waals surface area contributed by atoms with Gasteiger partial charge in [-0.2, -0.15) is 0 Å². The molecule has 1 saturated heterocycles. The first kappa shape index (κ1) is 62.1. The maximum Gasteiger partial charge on any atom is 0.306 e. The molecule has 386 valence electrons. The number of hydrogen-bond donors (Lipinski definition) is 6. The van der Waals surface area contributed by atoms with E-state index in [2.05, 4.69) is 74.7 Å². The van der Waals surface area contributed by atoms with Gasteiger partial charge in [0.2, 0.25) is 5.91 Å². The molecule has 11 nitrogen and oxygen atoms in total. The van der Waals surface area contributed by atoms with Crippen molar-refractivity contribution in [2.45, 2.75) is 256 Å². The summed E-state index contributed by atoms with van der Waals surface area (Å²) < 4.78 is 17.4. The molecule has 0 aromatic heterocycles. The number of amides is 1. The fourth-order valence-electron chi connectivity index (χ4n) is 7.74. The summed E-state index contributed by atoms with van der Waals surface area (Å²) in [6.45, 7) is 5.63.